The van der Waals surface area contributed by atoms with Gasteiger partial charge in [-0.1, -0.05) is 0 Å². The largest absolute Gasteiger partial charge is 0.494 e. The number of benzene rings is 3. The molecule has 3 aromatic carbocycles. The molecular weight excluding hydrogens is 448 g/mol. The van der Waals surface area contributed by atoms with Crippen molar-refractivity contribution in [1.29, 1.82) is 0 Å². The van der Waals surface area contributed by atoms with Crippen molar-refractivity contribution in [3.05, 3.63) is 92.0 Å². The molecule has 0 saturated heterocycles. The second kappa shape index (κ2) is 10.1. The molecule has 3 aromatic rings. The van der Waals surface area contributed by atoms with E-state index < -0.39 is 21.7 Å². The van der Waals surface area contributed by atoms with Gasteiger partial charge in [-0.3, -0.25) is 29.8 Å². The van der Waals surface area contributed by atoms with Crippen molar-refractivity contribution in [3.8, 4) is 11.5 Å². The number of hydrogen-bond acceptors (Lipinski definition) is 8. The third kappa shape index (κ3) is 5.24. The zero-order chi connectivity index (χ0) is 24.8. The number of rotatable bonds is 8. The Morgan fingerprint density at radius 1 is 0.676 bits per heavy atom. The number of anilines is 2. The lowest BCUT2D eigenvalue weighted by atomic mass is 10.1. The monoisotopic (exact) mass is 466 g/mol. The van der Waals surface area contributed by atoms with Gasteiger partial charge >= 0.3 is 0 Å². The van der Waals surface area contributed by atoms with Crippen LogP contribution in [-0.2, 0) is 0 Å². The van der Waals surface area contributed by atoms with Crippen LogP contribution in [0.15, 0.2) is 60.7 Å². The van der Waals surface area contributed by atoms with Crippen molar-refractivity contribution in [2.45, 2.75) is 0 Å². The van der Waals surface area contributed by atoms with E-state index in [0.29, 0.717) is 0 Å². The van der Waals surface area contributed by atoms with Crippen LogP contribution >= 0.6 is 0 Å². The van der Waals surface area contributed by atoms with Crippen LogP contribution in [0.25, 0.3) is 0 Å². The molecule has 0 bridgehead atoms. The van der Waals surface area contributed by atoms with Crippen LogP contribution in [0, 0.1) is 20.2 Å². The number of nitro groups is 2. The van der Waals surface area contributed by atoms with Gasteiger partial charge in [-0.25, -0.2) is 0 Å². The fourth-order valence-electron chi connectivity index (χ4n) is 2.95. The molecule has 3 rings (SSSR count). The topological polar surface area (TPSA) is 163 Å². The summed E-state index contributed by atoms with van der Waals surface area (Å²) < 4.78 is 10.6. The predicted molar refractivity (Wildman–Crippen MR) is 122 cm³/mol. The van der Waals surface area contributed by atoms with Crippen molar-refractivity contribution in [2.24, 2.45) is 0 Å². The van der Waals surface area contributed by atoms with Gasteiger partial charge < -0.3 is 20.1 Å². The number of nitrogens with one attached hydrogen (secondary N) is 2. The zero-order valence-electron chi connectivity index (χ0n) is 17.9. The number of nitrogens with zero attached hydrogens (tertiary/aromatic N) is 2. The van der Waals surface area contributed by atoms with Crippen LogP contribution in [0.4, 0.5) is 22.7 Å². The minimum atomic E-state index is -0.570. The highest BCUT2D eigenvalue weighted by Crippen LogP contribution is 2.37. The molecule has 2 N–H and O–H groups in total. The molecule has 174 valence electrons. The van der Waals surface area contributed by atoms with E-state index >= 15 is 0 Å². The first-order valence-corrected chi connectivity index (χ1v) is 9.61. The fourth-order valence-corrected chi connectivity index (χ4v) is 2.95. The molecule has 0 aliphatic heterocycles. The number of carbonyl (C=O) groups excluding carboxylic acids is 2. The molecule has 0 atom stereocenters. The third-order valence-electron chi connectivity index (χ3n) is 4.70. The second-order valence-corrected chi connectivity index (χ2v) is 6.77. The third-order valence-corrected chi connectivity index (χ3v) is 4.70. The average molecular weight is 466 g/mol. The van der Waals surface area contributed by atoms with Crippen molar-refractivity contribution in [1.82, 2.24) is 0 Å². The summed E-state index contributed by atoms with van der Waals surface area (Å²) in [5.74, 6) is -0.680. The Morgan fingerprint density at radius 3 is 1.26 bits per heavy atom. The van der Waals surface area contributed by atoms with Crippen molar-refractivity contribution in [3.63, 3.8) is 0 Å². The Labute approximate surface area is 192 Å². The first kappa shape index (κ1) is 23.7. The molecule has 0 unspecified atom stereocenters. The lowest BCUT2D eigenvalue weighted by Crippen LogP contribution is -2.15. The van der Waals surface area contributed by atoms with Gasteiger partial charge in [0.2, 0.25) is 0 Å². The molecule has 0 heterocycles. The smallest absolute Gasteiger partial charge is 0.269 e. The minimum absolute atomic E-state index is 0.149. The number of nitro benzene ring substituents is 2. The lowest BCUT2D eigenvalue weighted by Gasteiger charge is -2.16. The van der Waals surface area contributed by atoms with Gasteiger partial charge in [0.1, 0.15) is 11.5 Å². The molecule has 0 aromatic heterocycles. The maximum absolute atomic E-state index is 12.6. The number of carbonyl (C=O) groups is 2. The molecule has 12 heteroatoms. The van der Waals surface area contributed by atoms with Crippen LogP contribution < -0.4 is 20.1 Å². The van der Waals surface area contributed by atoms with Crippen LogP contribution in [0.2, 0.25) is 0 Å². The zero-order valence-corrected chi connectivity index (χ0v) is 17.9. The van der Waals surface area contributed by atoms with Crippen LogP contribution in [0.1, 0.15) is 20.7 Å². The van der Waals surface area contributed by atoms with Gasteiger partial charge in [0.05, 0.1) is 35.4 Å². The highest BCUT2D eigenvalue weighted by atomic mass is 16.6. The first-order chi connectivity index (χ1) is 16.2. The Bertz CT molecular complexity index is 1160. The quantitative estimate of drug-likeness (QED) is 0.371. The van der Waals surface area contributed by atoms with Crippen molar-refractivity contribution in [2.75, 3.05) is 24.9 Å². The summed E-state index contributed by atoms with van der Waals surface area (Å²) >= 11 is 0. The minimum Gasteiger partial charge on any atom is -0.494 e. The molecule has 0 fully saturated rings. The van der Waals surface area contributed by atoms with Crippen LogP contribution in [0.3, 0.4) is 0 Å². The molecule has 2 amide bonds. The first-order valence-electron chi connectivity index (χ1n) is 9.61. The highest BCUT2D eigenvalue weighted by Gasteiger charge is 2.18. The summed E-state index contributed by atoms with van der Waals surface area (Å²) in [6, 6.07) is 13.0. The van der Waals surface area contributed by atoms with E-state index in [2.05, 4.69) is 10.6 Å². The molecule has 0 aliphatic carbocycles. The van der Waals surface area contributed by atoms with E-state index in [1.165, 1.54) is 74.9 Å². The molecule has 12 nitrogen and oxygen atoms in total. The standard InChI is InChI=1S/C22H18N4O8/c1-33-19-11-18(24-22(28)14-5-9-16(10-6-14)26(31)32)20(34-2)12-17(19)23-21(27)13-3-7-15(8-4-13)25(29)30/h3-12H,1-2H3,(H,23,27)(H,24,28). The summed E-state index contributed by atoms with van der Waals surface area (Å²) in [6.45, 7) is 0. The van der Waals surface area contributed by atoms with Gasteiger partial charge in [-0.15, -0.1) is 0 Å². The summed E-state index contributed by atoms with van der Waals surface area (Å²) in [7, 11) is 2.73. The average Bonchev–Trinajstić information content (AvgIpc) is 2.84. The van der Waals surface area contributed by atoms with Crippen molar-refractivity contribution >= 4 is 34.6 Å². The van der Waals surface area contributed by atoms with Gasteiger partial charge in [-0.05, 0) is 24.3 Å². The van der Waals surface area contributed by atoms with Gasteiger partial charge in [0.15, 0.2) is 0 Å². The number of non-ortho nitro benzene ring substituents is 2. The summed E-state index contributed by atoms with van der Waals surface area (Å²) in [5, 5.41) is 26.9. The van der Waals surface area contributed by atoms with Gasteiger partial charge in [0, 0.05) is 47.5 Å². The molecule has 0 spiro atoms. The maximum atomic E-state index is 12.6. The van der Waals surface area contributed by atoms with Crippen LogP contribution in [0.5, 0.6) is 11.5 Å². The Balaban J connectivity index is 1.83. The lowest BCUT2D eigenvalue weighted by molar-refractivity contribution is -0.385. The summed E-state index contributed by atoms with van der Waals surface area (Å²) in [4.78, 5) is 45.6. The van der Waals surface area contributed by atoms with E-state index in [-0.39, 0.29) is 45.4 Å². The molecule has 0 saturated carbocycles. The SMILES string of the molecule is COc1cc(NC(=O)c2ccc([N+](=O)[O-])cc2)c(OC)cc1NC(=O)c1ccc([N+](=O)[O-])cc1. The van der Waals surface area contributed by atoms with E-state index in [9.17, 15) is 29.8 Å². The van der Waals surface area contributed by atoms with E-state index in [1.54, 1.807) is 0 Å². The maximum Gasteiger partial charge on any atom is 0.269 e. The fraction of sp³-hybridized carbons (Fsp3) is 0.0909. The van der Waals surface area contributed by atoms with Crippen molar-refractivity contribution < 1.29 is 28.9 Å². The molecule has 0 radical (unpaired) electrons. The number of hydrogen-bond donors (Lipinski definition) is 2. The van der Waals surface area contributed by atoms with E-state index in [0.717, 1.165) is 0 Å². The number of methoxy groups -OCH3 is 2. The Morgan fingerprint density at radius 2 is 1.00 bits per heavy atom. The highest BCUT2D eigenvalue weighted by molar-refractivity contribution is 6.07. The number of ether oxygens (including phenoxy) is 2. The number of amides is 2. The Kier molecular flexibility index (Phi) is 7.01. The van der Waals surface area contributed by atoms with Crippen LogP contribution in [-0.4, -0.2) is 35.9 Å². The predicted octanol–water partition coefficient (Wildman–Crippen LogP) is 4.02. The normalized spacial score (nSPS) is 10.2. The van der Waals surface area contributed by atoms with E-state index in [4.69, 9.17) is 9.47 Å². The molecule has 0 aliphatic rings. The molecular formula is C22H18N4O8. The van der Waals surface area contributed by atoms with Gasteiger partial charge in [-0.2, -0.15) is 0 Å². The van der Waals surface area contributed by atoms with E-state index in [1.807, 2.05) is 0 Å². The summed E-state index contributed by atoms with van der Waals surface area (Å²) in [5.41, 5.74) is 0.532. The Hall–Kier alpha value is -5.00. The van der Waals surface area contributed by atoms with Gasteiger partial charge in [0.25, 0.3) is 23.2 Å². The molecule has 34 heavy (non-hydrogen) atoms. The summed E-state index contributed by atoms with van der Waals surface area (Å²) in [6.07, 6.45) is 0. The second-order valence-electron chi connectivity index (χ2n) is 6.77.